The van der Waals surface area contributed by atoms with E-state index in [4.69, 9.17) is 39.5 Å². The van der Waals surface area contributed by atoms with Crippen LogP contribution in [0.1, 0.15) is 17.2 Å². The van der Waals surface area contributed by atoms with Crippen molar-refractivity contribution in [1.82, 2.24) is 0 Å². The molecule has 0 radical (unpaired) electrons. The smallest absolute Gasteiger partial charge is 0.300 e. The van der Waals surface area contributed by atoms with Gasteiger partial charge >= 0.3 is 0 Å². The number of hydrogen-bond donors (Lipinski definition) is 1. The molecule has 162 valence electrons. The van der Waals surface area contributed by atoms with Crippen molar-refractivity contribution in [2.24, 2.45) is 0 Å². The summed E-state index contributed by atoms with van der Waals surface area (Å²) in [5, 5.41) is 12.0. The first kappa shape index (κ1) is 22.2. The largest absolute Gasteiger partial charge is 0.507 e. The minimum Gasteiger partial charge on any atom is -0.507 e. The zero-order chi connectivity index (χ0) is 23.0. The van der Waals surface area contributed by atoms with Gasteiger partial charge in [-0.3, -0.25) is 14.5 Å². The Morgan fingerprint density at radius 1 is 0.938 bits per heavy atom. The molecule has 1 saturated heterocycles. The molecule has 1 fully saturated rings. The van der Waals surface area contributed by atoms with E-state index in [2.05, 4.69) is 0 Å². The third-order valence-corrected chi connectivity index (χ3v) is 5.95. The number of carbonyl (C=O) groups is 2. The van der Waals surface area contributed by atoms with Gasteiger partial charge in [0.25, 0.3) is 11.7 Å². The highest BCUT2D eigenvalue weighted by atomic mass is 35.5. The van der Waals surface area contributed by atoms with Gasteiger partial charge in [-0.05, 0) is 42.0 Å². The SMILES string of the molecule is COc1c(Cl)cc(/C(O)=C2\C(=O)C(=O)N(c3ccc(Cl)cc3)C2c2ccccc2)cc1Cl. The molecule has 3 aromatic carbocycles. The molecule has 1 atom stereocenters. The summed E-state index contributed by atoms with van der Waals surface area (Å²) in [5.74, 6) is -1.74. The number of anilines is 1. The lowest BCUT2D eigenvalue weighted by Crippen LogP contribution is -2.29. The molecule has 8 heteroatoms. The van der Waals surface area contributed by atoms with E-state index in [1.165, 1.54) is 24.1 Å². The molecule has 1 heterocycles. The first-order valence-electron chi connectivity index (χ1n) is 9.48. The van der Waals surface area contributed by atoms with Crippen LogP contribution in [0.3, 0.4) is 0 Å². The fraction of sp³-hybridized carbons (Fsp3) is 0.0833. The number of aliphatic hydroxyl groups is 1. The predicted octanol–water partition coefficient (Wildman–Crippen LogP) is 6.28. The molecular weight excluding hydrogens is 473 g/mol. The van der Waals surface area contributed by atoms with E-state index < -0.39 is 17.7 Å². The summed E-state index contributed by atoms with van der Waals surface area (Å²) < 4.78 is 5.15. The quantitative estimate of drug-likeness (QED) is 0.266. The molecule has 0 saturated carbocycles. The Balaban J connectivity index is 1.94. The first-order valence-corrected chi connectivity index (χ1v) is 10.6. The highest BCUT2D eigenvalue weighted by Gasteiger charge is 2.47. The molecule has 1 amide bonds. The Kier molecular flexibility index (Phi) is 6.15. The van der Waals surface area contributed by atoms with Gasteiger partial charge in [0.2, 0.25) is 0 Å². The van der Waals surface area contributed by atoms with Gasteiger partial charge in [-0.15, -0.1) is 0 Å². The summed E-state index contributed by atoms with van der Waals surface area (Å²) in [7, 11) is 1.42. The van der Waals surface area contributed by atoms with Crippen LogP contribution in [-0.2, 0) is 9.59 Å². The monoisotopic (exact) mass is 487 g/mol. The van der Waals surface area contributed by atoms with Crippen LogP contribution in [0.4, 0.5) is 5.69 Å². The lowest BCUT2D eigenvalue weighted by atomic mass is 9.95. The number of methoxy groups -OCH3 is 1. The fourth-order valence-electron chi connectivity index (χ4n) is 3.70. The maximum absolute atomic E-state index is 13.1. The highest BCUT2D eigenvalue weighted by Crippen LogP contribution is 2.43. The van der Waals surface area contributed by atoms with Gasteiger partial charge < -0.3 is 9.84 Å². The van der Waals surface area contributed by atoms with Crippen LogP contribution in [0, 0.1) is 0 Å². The van der Waals surface area contributed by atoms with Crippen LogP contribution in [0.15, 0.2) is 72.3 Å². The van der Waals surface area contributed by atoms with Gasteiger partial charge in [-0.25, -0.2) is 0 Å². The van der Waals surface area contributed by atoms with E-state index >= 15 is 0 Å². The Hall–Kier alpha value is -2.99. The van der Waals surface area contributed by atoms with E-state index in [0.717, 1.165) is 0 Å². The maximum Gasteiger partial charge on any atom is 0.300 e. The van der Waals surface area contributed by atoms with Crippen LogP contribution in [-0.4, -0.2) is 23.9 Å². The molecule has 3 aromatic rings. The zero-order valence-corrected chi connectivity index (χ0v) is 18.9. The van der Waals surface area contributed by atoms with E-state index in [-0.39, 0.29) is 32.7 Å². The van der Waals surface area contributed by atoms with Crippen LogP contribution in [0.5, 0.6) is 5.75 Å². The maximum atomic E-state index is 13.1. The topological polar surface area (TPSA) is 66.8 Å². The van der Waals surface area contributed by atoms with Crippen molar-refractivity contribution in [3.05, 3.63) is 98.5 Å². The molecule has 32 heavy (non-hydrogen) atoms. The fourth-order valence-corrected chi connectivity index (χ4v) is 4.47. The zero-order valence-electron chi connectivity index (χ0n) is 16.7. The van der Waals surface area contributed by atoms with Crippen LogP contribution in [0.2, 0.25) is 15.1 Å². The molecule has 1 aliphatic heterocycles. The predicted molar refractivity (Wildman–Crippen MR) is 126 cm³/mol. The van der Waals surface area contributed by atoms with Gasteiger partial charge in [0.15, 0.2) is 5.75 Å². The molecule has 1 aliphatic rings. The summed E-state index contributed by atoms with van der Waals surface area (Å²) in [5.41, 5.74) is 1.23. The number of aliphatic hydroxyl groups excluding tert-OH is 1. The number of rotatable bonds is 4. The lowest BCUT2D eigenvalue weighted by molar-refractivity contribution is -0.132. The number of halogens is 3. The Labute approximate surface area is 199 Å². The van der Waals surface area contributed by atoms with Crippen molar-refractivity contribution in [3.8, 4) is 5.75 Å². The minimum atomic E-state index is -0.864. The molecule has 1 N–H and O–H groups in total. The molecule has 5 nitrogen and oxygen atoms in total. The third-order valence-electron chi connectivity index (χ3n) is 5.14. The Morgan fingerprint density at radius 2 is 1.53 bits per heavy atom. The number of amides is 1. The van der Waals surface area contributed by atoms with E-state index in [9.17, 15) is 14.7 Å². The molecule has 0 spiro atoms. The molecule has 0 aliphatic carbocycles. The number of nitrogens with zero attached hydrogens (tertiary/aromatic N) is 1. The highest BCUT2D eigenvalue weighted by molar-refractivity contribution is 6.52. The summed E-state index contributed by atoms with van der Waals surface area (Å²) in [6.07, 6.45) is 0. The van der Waals surface area contributed by atoms with Crippen molar-refractivity contribution in [3.63, 3.8) is 0 Å². The van der Waals surface area contributed by atoms with E-state index in [0.29, 0.717) is 16.3 Å². The number of carbonyl (C=O) groups excluding carboxylic acids is 2. The second-order valence-corrected chi connectivity index (χ2v) is 8.28. The van der Waals surface area contributed by atoms with Gasteiger partial charge in [-0.1, -0.05) is 65.1 Å². The molecule has 4 rings (SSSR count). The number of Topliss-reactive ketones (excluding diaryl/α,β-unsaturated/α-hetero) is 1. The molecular formula is C24H16Cl3NO4. The van der Waals surface area contributed by atoms with Gasteiger partial charge in [-0.2, -0.15) is 0 Å². The van der Waals surface area contributed by atoms with Gasteiger partial charge in [0.1, 0.15) is 5.76 Å². The molecule has 0 bridgehead atoms. The second kappa shape index (κ2) is 8.87. The van der Waals surface area contributed by atoms with Crippen molar-refractivity contribution >= 4 is 57.9 Å². The van der Waals surface area contributed by atoms with Gasteiger partial charge in [0, 0.05) is 16.3 Å². The number of benzene rings is 3. The van der Waals surface area contributed by atoms with Crippen molar-refractivity contribution in [2.75, 3.05) is 12.0 Å². The second-order valence-electron chi connectivity index (χ2n) is 7.03. The average Bonchev–Trinajstić information content (AvgIpc) is 3.05. The number of hydrogen-bond acceptors (Lipinski definition) is 4. The van der Waals surface area contributed by atoms with Gasteiger partial charge in [0.05, 0.1) is 28.8 Å². The van der Waals surface area contributed by atoms with Crippen LogP contribution < -0.4 is 9.64 Å². The summed E-state index contributed by atoms with van der Waals surface area (Å²) >= 11 is 18.4. The third kappa shape index (κ3) is 3.84. The Bertz CT molecular complexity index is 1220. The molecule has 1 unspecified atom stereocenters. The number of ether oxygens (including phenoxy) is 1. The average molecular weight is 489 g/mol. The van der Waals surface area contributed by atoms with Crippen molar-refractivity contribution in [1.29, 1.82) is 0 Å². The first-order chi connectivity index (χ1) is 15.3. The van der Waals surface area contributed by atoms with Crippen LogP contribution >= 0.6 is 34.8 Å². The number of ketones is 1. The van der Waals surface area contributed by atoms with Crippen LogP contribution in [0.25, 0.3) is 5.76 Å². The lowest BCUT2D eigenvalue weighted by Gasteiger charge is -2.25. The standard InChI is InChI=1S/C24H16Cl3NO4/c1-32-23-17(26)11-14(12-18(23)27)21(29)19-20(13-5-3-2-4-6-13)28(24(31)22(19)30)16-9-7-15(25)8-10-16/h2-12,20,29H,1H3/b21-19+. The summed E-state index contributed by atoms with van der Waals surface area (Å²) in [6.45, 7) is 0. The Morgan fingerprint density at radius 3 is 2.09 bits per heavy atom. The van der Waals surface area contributed by atoms with Crippen molar-refractivity contribution < 1.29 is 19.4 Å². The van der Waals surface area contributed by atoms with Crippen molar-refractivity contribution in [2.45, 2.75) is 6.04 Å². The van der Waals surface area contributed by atoms with E-state index in [1.807, 2.05) is 6.07 Å². The summed E-state index contributed by atoms with van der Waals surface area (Å²) in [6, 6.07) is 17.5. The summed E-state index contributed by atoms with van der Waals surface area (Å²) in [4.78, 5) is 27.5. The normalized spacial score (nSPS) is 17.6. The molecule has 0 aromatic heterocycles. The van der Waals surface area contributed by atoms with E-state index in [1.54, 1.807) is 48.5 Å². The minimum absolute atomic E-state index is 0.0755.